The van der Waals surface area contributed by atoms with E-state index in [1.165, 1.54) is 0 Å². The van der Waals surface area contributed by atoms with Crippen LogP contribution in [-0.4, -0.2) is 30.0 Å². The van der Waals surface area contributed by atoms with Gasteiger partial charge in [-0.05, 0) is 37.5 Å². The summed E-state index contributed by atoms with van der Waals surface area (Å²) in [4.78, 5) is 0. The van der Waals surface area contributed by atoms with Gasteiger partial charge in [0, 0.05) is 25.1 Å². The summed E-state index contributed by atoms with van der Waals surface area (Å²) >= 11 is 0. The quantitative estimate of drug-likeness (QED) is 0.651. The van der Waals surface area contributed by atoms with Crippen molar-refractivity contribution < 1.29 is 14.9 Å². The highest BCUT2D eigenvalue weighted by molar-refractivity contribution is 5.41. The number of aliphatic hydroxyl groups excluding tert-OH is 1. The summed E-state index contributed by atoms with van der Waals surface area (Å²) in [6.07, 6.45) is 1.90. The summed E-state index contributed by atoms with van der Waals surface area (Å²) in [6, 6.07) is 5.38. The molecule has 0 saturated carbocycles. The molecule has 114 valence electrons. The number of benzene rings is 1. The van der Waals surface area contributed by atoms with Gasteiger partial charge in [-0.3, -0.25) is 0 Å². The number of hydrogen-bond acceptors (Lipinski definition) is 4. The normalized spacial score (nSPS) is 11.6. The average Bonchev–Trinajstić information content (AvgIpc) is 2.48. The van der Waals surface area contributed by atoms with Gasteiger partial charge in [-0.15, -0.1) is 0 Å². The number of rotatable bonds is 9. The highest BCUT2D eigenvalue weighted by atomic mass is 16.5. The lowest BCUT2D eigenvalue weighted by Crippen LogP contribution is -2.36. The molecule has 4 nitrogen and oxygen atoms in total. The van der Waals surface area contributed by atoms with E-state index >= 15 is 0 Å². The number of phenolic OH excluding ortho intramolecular Hbond substituents is 1. The second kappa shape index (κ2) is 8.12. The van der Waals surface area contributed by atoms with Crippen LogP contribution in [0.1, 0.15) is 39.2 Å². The molecule has 0 radical (unpaired) electrons. The molecular weight excluding hydrogens is 254 g/mol. The first-order valence-corrected chi connectivity index (χ1v) is 7.37. The molecule has 0 aliphatic carbocycles. The first-order chi connectivity index (χ1) is 9.60. The molecule has 3 N–H and O–H groups in total. The van der Waals surface area contributed by atoms with E-state index in [2.05, 4.69) is 19.2 Å². The molecule has 0 aliphatic heterocycles. The van der Waals surface area contributed by atoms with Crippen molar-refractivity contribution in [2.45, 2.75) is 40.2 Å². The van der Waals surface area contributed by atoms with Gasteiger partial charge in [0.15, 0.2) is 11.5 Å². The summed E-state index contributed by atoms with van der Waals surface area (Å²) in [6.45, 7) is 8.31. The molecule has 0 fully saturated rings. The third kappa shape index (κ3) is 4.39. The third-order valence-corrected chi connectivity index (χ3v) is 3.99. The van der Waals surface area contributed by atoms with E-state index in [1.54, 1.807) is 6.07 Å². The number of phenols is 1. The monoisotopic (exact) mass is 281 g/mol. The zero-order chi connectivity index (χ0) is 15.0. The fraction of sp³-hybridized carbons (Fsp3) is 0.625. The fourth-order valence-electron chi connectivity index (χ4n) is 2.19. The van der Waals surface area contributed by atoms with E-state index < -0.39 is 0 Å². The molecule has 0 aliphatic rings. The molecule has 4 heteroatoms. The molecular formula is C16H27NO3. The summed E-state index contributed by atoms with van der Waals surface area (Å²) in [7, 11) is 0. The summed E-state index contributed by atoms with van der Waals surface area (Å²) in [5, 5.41) is 22.6. The number of aromatic hydroxyl groups is 1. The van der Waals surface area contributed by atoms with E-state index in [1.807, 2.05) is 19.1 Å². The minimum atomic E-state index is -0.0420. The Kier molecular flexibility index (Phi) is 6.82. The minimum absolute atomic E-state index is 0.0420. The van der Waals surface area contributed by atoms with E-state index in [9.17, 15) is 10.2 Å². The average molecular weight is 281 g/mol. The summed E-state index contributed by atoms with van der Waals surface area (Å²) in [5.74, 6) is 0.689. The van der Waals surface area contributed by atoms with Gasteiger partial charge in [-0.1, -0.05) is 19.9 Å². The molecule has 0 bridgehead atoms. The Morgan fingerprint density at radius 1 is 1.20 bits per heavy atom. The molecule has 0 amide bonds. The Morgan fingerprint density at radius 2 is 1.90 bits per heavy atom. The Labute approximate surface area is 121 Å². The van der Waals surface area contributed by atoms with Gasteiger partial charge in [0.25, 0.3) is 0 Å². The standard InChI is InChI=1S/C16H27NO3/c1-4-16(5-2,12-18)11-17-10-13-7-8-14(19)15(9-13)20-6-3/h7-9,17-19H,4-6,10-12H2,1-3H3. The molecule has 0 unspecified atom stereocenters. The number of ether oxygens (including phenoxy) is 1. The lowest BCUT2D eigenvalue weighted by Gasteiger charge is -2.29. The van der Waals surface area contributed by atoms with Crippen molar-refractivity contribution >= 4 is 0 Å². The fourth-order valence-corrected chi connectivity index (χ4v) is 2.19. The van der Waals surface area contributed by atoms with E-state index in [-0.39, 0.29) is 17.8 Å². The minimum Gasteiger partial charge on any atom is -0.504 e. The second-order valence-corrected chi connectivity index (χ2v) is 5.20. The van der Waals surface area contributed by atoms with Gasteiger partial charge in [-0.2, -0.15) is 0 Å². The van der Waals surface area contributed by atoms with E-state index in [0.29, 0.717) is 18.9 Å². The molecule has 0 saturated heterocycles. The molecule has 0 atom stereocenters. The van der Waals surface area contributed by atoms with Crippen LogP contribution in [0.5, 0.6) is 11.5 Å². The Hall–Kier alpha value is -1.26. The Bertz CT molecular complexity index is 394. The second-order valence-electron chi connectivity index (χ2n) is 5.20. The summed E-state index contributed by atoms with van der Waals surface area (Å²) in [5.41, 5.74) is 1.02. The topological polar surface area (TPSA) is 61.7 Å². The maximum Gasteiger partial charge on any atom is 0.161 e. The molecule has 0 heterocycles. The van der Waals surface area contributed by atoms with E-state index in [4.69, 9.17) is 4.74 Å². The third-order valence-electron chi connectivity index (χ3n) is 3.99. The maximum absolute atomic E-state index is 9.66. The SMILES string of the molecule is CCOc1cc(CNCC(CC)(CC)CO)ccc1O. The van der Waals surface area contributed by atoms with Crippen molar-refractivity contribution in [1.82, 2.24) is 5.32 Å². The number of nitrogens with one attached hydrogen (secondary N) is 1. The number of aliphatic hydroxyl groups is 1. The van der Waals surface area contributed by atoms with Gasteiger partial charge in [-0.25, -0.2) is 0 Å². The van der Waals surface area contributed by atoms with Crippen LogP contribution in [0.25, 0.3) is 0 Å². The van der Waals surface area contributed by atoms with Crippen LogP contribution >= 0.6 is 0 Å². The van der Waals surface area contributed by atoms with Crippen molar-refractivity contribution in [2.75, 3.05) is 19.8 Å². The number of hydrogen-bond donors (Lipinski definition) is 3. The van der Waals surface area contributed by atoms with Crippen LogP contribution in [0, 0.1) is 5.41 Å². The van der Waals surface area contributed by atoms with Gasteiger partial charge in [0.05, 0.1) is 6.61 Å². The first-order valence-electron chi connectivity index (χ1n) is 7.37. The Balaban J connectivity index is 2.59. The first kappa shape index (κ1) is 16.8. The largest absolute Gasteiger partial charge is 0.504 e. The van der Waals surface area contributed by atoms with Crippen LogP contribution < -0.4 is 10.1 Å². The molecule has 0 spiro atoms. The zero-order valence-corrected chi connectivity index (χ0v) is 12.8. The lowest BCUT2D eigenvalue weighted by molar-refractivity contribution is 0.113. The lowest BCUT2D eigenvalue weighted by atomic mass is 9.83. The molecule has 1 rings (SSSR count). The van der Waals surface area contributed by atoms with Crippen LogP contribution in [-0.2, 0) is 6.54 Å². The van der Waals surface area contributed by atoms with Crippen molar-refractivity contribution in [3.05, 3.63) is 23.8 Å². The highest BCUT2D eigenvalue weighted by Gasteiger charge is 2.24. The van der Waals surface area contributed by atoms with Gasteiger partial charge in [0.2, 0.25) is 0 Å². The van der Waals surface area contributed by atoms with Gasteiger partial charge >= 0.3 is 0 Å². The molecule has 0 aromatic heterocycles. The van der Waals surface area contributed by atoms with Crippen LogP contribution in [0.15, 0.2) is 18.2 Å². The predicted octanol–water partition coefficient (Wildman–Crippen LogP) is 2.68. The predicted molar refractivity (Wildman–Crippen MR) is 81.1 cm³/mol. The van der Waals surface area contributed by atoms with Crippen molar-refractivity contribution in [2.24, 2.45) is 5.41 Å². The van der Waals surface area contributed by atoms with Crippen molar-refractivity contribution in [3.8, 4) is 11.5 Å². The van der Waals surface area contributed by atoms with Gasteiger partial charge in [0.1, 0.15) is 0 Å². The van der Waals surface area contributed by atoms with Crippen molar-refractivity contribution in [1.29, 1.82) is 0 Å². The van der Waals surface area contributed by atoms with Crippen LogP contribution in [0.4, 0.5) is 0 Å². The van der Waals surface area contributed by atoms with Crippen LogP contribution in [0.3, 0.4) is 0 Å². The molecule has 20 heavy (non-hydrogen) atoms. The maximum atomic E-state index is 9.66. The van der Waals surface area contributed by atoms with Crippen LogP contribution in [0.2, 0.25) is 0 Å². The Morgan fingerprint density at radius 3 is 2.45 bits per heavy atom. The smallest absolute Gasteiger partial charge is 0.161 e. The molecule has 1 aromatic rings. The highest BCUT2D eigenvalue weighted by Crippen LogP contribution is 2.27. The van der Waals surface area contributed by atoms with Gasteiger partial charge < -0.3 is 20.3 Å². The van der Waals surface area contributed by atoms with E-state index in [0.717, 1.165) is 24.9 Å². The summed E-state index contributed by atoms with van der Waals surface area (Å²) < 4.78 is 5.37. The zero-order valence-electron chi connectivity index (χ0n) is 12.8. The molecule has 1 aromatic carbocycles. The van der Waals surface area contributed by atoms with Crippen molar-refractivity contribution in [3.63, 3.8) is 0 Å².